The topological polar surface area (TPSA) is 41.6 Å². The normalized spacial score (nSPS) is 22.0. The van der Waals surface area contributed by atoms with Crippen molar-refractivity contribution in [2.45, 2.75) is 46.3 Å². The highest BCUT2D eigenvalue weighted by atomic mass is 16.5. The van der Waals surface area contributed by atoms with Gasteiger partial charge in [0, 0.05) is 17.8 Å². The van der Waals surface area contributed by atoms with Crippen molar-refractivity contribution < 1.29 is 9.53 Å². The van der Waals surface area contributed by atoms with Crippen LogP contribution in [0.1, 0.15) is 31.9 Å². The van der Waals surface area contributed by atoms with E-state index in [4.69, 9.17) is 4.74 Å². The number of benzene rings is 1. The van der Waals surface area contributed by atoms with Gasteiger partial charge in [0.2, 0.25) is 5.91 Å². The highest BCUT2D eigenvalue weighted by Crippen LogP contribution is 2.22. The van der Waals surface area contributed by atoms with Crippen LogP contribution in [-0.4, -0.2) is 42.1 Å². The molecule has 1 aromatic rings. The lowest BCUT2D eigenvalue weighted by atomic mass is 10.0. The standard InChI is InChI=1S/C17H26N2O2/c1-12-6-7-13(2)15(8-12)18-16(20)10-19-9-14(3)21-11-17(19,4)5/h6-8,14H,9-11H2,1-5H3,(H,18,20). The fraction of sp³-hybridized carbons (Fsp3) is 0.588. The molecule has 1 aromatic carbocycles. The first-order valence-electron chi connectivity index (χ1n) is 7.52. The number of ether oxygens (including phenoxy) is 1. The summed E-state index contributed by atoms with van der Waals surface area (Å²) in [4.78, 5) is 14.5. The lowest BCUT2D eigenvalue weighted by Gasteiger charge is -2.44. The van der Waals surface area contributed by atoms with Crippen molar-refractivity contribution in [3.05, 3.63) is 29.3 Å². The number of nitrogens with zero attached hydrogens (tertiary/aromatic N) is 1. The minimum atomic E-state index is -0.106. The van der Waals surface area contributed by atoms with Crippen LogP contribution in [0, 0.1) is 13.8 Å². The second-order valence-electron chi connectivity index (χ2n) is 6.68. The zero-order chi connectivity index (χ0) is 15.6. The number of carbonyl (C=O) groups excluding carboxylic acids is 1. The summed E-state index contributed by atoms with van der Waals surface area (Å²) in [6.45, 7) is 12.2. The number of aryl methyl sites for hydroxylation is 2. The largest absolute Gasteiger partial charge is 0.375 e. The Labute approximate surface area is 127 Å². The highest BCUT2D eigenvalue weighted by Gasteiger charge is 2.34. The Morgan fingerprint density at radius 3 is 2.86 bits per heavy atom. The average Bonchev–Trinajstić information content (AvgIpc) is 2.39. The SMILES string of the molecule is Cc1ccc(C)c(NC(=O)CN2CC(C)OCC2(C)C)c1. The van der Waals surface area contributed by atoms with Gasteiger partial charge in [0.1, 0.15) is 0 Å². The fourth-order valence-corrected chi connectivity index (χ4v) is 2.56. The van der Waals surface area contributed by atoms with Crippen LogP contribution >= 0.6 is 0 Å². The van der Waals surface area contributed by atoms with Crippen molar-refractivity contribution in [3.63, 3.8) is 0 Å². The quantitative estimate of drug-likeness (QED) is 0.930. The van der Waals surface area contributed by atoms with Gasteiger partial charge in [-0.25, -0.2) is 0 Å². The molecule has 1 N–H and O–H groups in total. The van der Waals surface area contributed by atoms with Crippen molar-refractivity contribution >= 4 is 11.6 Å². The van der Waals surface area contributed by atoms with Gasteiger partial charge in [-0.3, -0.25) is 9.69 Å². The van der Waals surface area contributed by atoms with Gasteiger partial charge in [0.15, 0.2) is 0 Å². The number of hydrogen-bond acceptors (Lipinski definition) is 3. The summed E-state index contributed by atoms with van der Waals surface area (Å²) in [6, 6.07) is 6.10. The van der Waals surface area contributed by atoms with E-state index in [0.717, 1.165) is 23.4 Å². The number of nitrogens with one attached hydrogen (secondary N) is 1. The molecule has 2 rings (SSSR count). The Balaban J connectivity index is 2.02. The van der Waals surface area contributed by atoms with E-state index in [1.54, 1.807) is 0 Å². The Kier molecular flexibility index (Phi) is 4.69. The molecule has 4 heteroatoms. The molecule has 1 aliphatic heterocycles. The molecule has 1 atom stereocenters. The van der Waals surface area contributed by atoms with E-state index < -0.39 is 0 Å². The smallest absolute Gasteiger partial charge is 0.238 e. The fourth-order valence-electron chi connectivity index (χ4n) is 2.56. The summed E-state index contributed by atoms with van der Waals surface area (Å²) in [7, 11) is 0. The van der Waals surface area contributed by atoms with Crippen molar-refractivity contribution in [2.24, 2.45) is 0 Å². The van der Waals surface area contributed by atoms with E-state index >= 15 is 0 Å². The molecule has 1 saturated heterocycles. The van der Waals surface area contributed by atoms with E-state index in [0.29, 0.717) is 13.2 Å². The van der Waals surface area contributed by atoms with E-state index in [1.807, 2.05) is 32.9 Å². The molecule has 21 heavy (non-hydrogen) atoms. The van der Waals surface area contributed by atoms with Crippen molar-refractivity contribution in [3.8, 4) is 0 Å². The first kappa shape index (κ1) is 16.0. The molecule has 0 radical (unpaired) electrons. The monoisotopic (exact) mass is 290 g/mol. The van der Waals surface area contributed by atoms with Crippen LogP contribution in [0.5, 0.6) is 0 Å². The second kappa shape index (κ2) is 6.16. The predicted molar refractivity (Wildman–Crippen MR) is 85.6 cm³/mol. The van der Waals surface area contributed by atoms with E-state index in [9.17, 15) is 4.79 Å². The minimum Gasteiger partial charge on any atom is -0.375 e. The lowest BCUT2D eigenvalue weighted by Crippen LogP contribution is -2.57. The molecule has 0 aromatic heterocycles. The number of carbonyl (C=O) groups is 1. The molecular weight excluding hydrogens is 264 g/mol. The van der Waals surface area contributed by atoms with Gasteiger partial charge < -0.3 is 10.1 Å². The van der Waals surface area contributed by atoms with Gasteiger partial charge in [-0.1, -0.05) is 12.1 Å². The molecule has 1 unspecified atom stereocenters. The molecule has 0 spiro atoms. The highest BCUT2D eigenvalue weighted by molar-refractivity contribution is 5.93. The maximum atomic E-state index is 12.3. The average molecular weight is 290 g/mol. The summed E-state index contributed by atoms with van der Waals surface area (Å²) in [5.41, 5.74) is 3.03. The van der Waals surface area contributed by atoms with Gasteiger partial charge in [0.05, 0.1) is 19.3 Å². The summed E-state index contributed by atoms with van der Waals surface area (Å²) < 4.78 is 5.68. The van der Waals surface area contributed by atoms with Crippen LogP contribution in [0.3, 0.4) is 0 Å². The second-order valence-corrected chi connectivity index (χ2v) is 6.68. The first-order chi connectivity index (χ1) is 9.78. The first-order valence-corrected chi connectivity index (χ1v) is 7.52. The van der Waals surface area contributed by atoms with Crippen molar-refractivity contribution in [1.29, 1.82) is 0 Å². The molecule has 0 saturated carbocycles. The Morgan fingerprint density at radius 2 is 2.14 bits per heavy atom. The number of amides is 1. The van der Waals surface area contributed by atoms with Crippen molar-refractivity contribution in [2.75, 3.05) is 25.0 Å². The molecule has 1 fully saturated rings. The minimum absolute atomic E-state index is 0.0332. The molecular formula is C17H26N2O2. The molecule has 0 aliphatic carbocycles. The number of morpholine rings is 1. The Hall–Kier alpha value is -1.39. The van der Waals surface area contributed by atoms with Crippen LogP contribution in [0.2, 0.25) is 0 Å². The number of rotatable bonds is 3. The Bertz CT molecular complexity index is 526. The van der Waals surface area contributed by atoms with Crippen molar-refractivity contribution in [1.82, 2.24) is 4.90 Å². The summed E-state index contributed by atoms with van der Waals surface area (Å²) in [5.74, 6) is 0.0332. The zero-order valence-electron chi connectivity index (χ0n) is 13.7. The third kappa shape index (κ3) is 4.05. The molecule has 116 valence electrons. The van der Waals surface area contributed by atoms with Gasteiger partial charge in [-0.2, -0.15) is 0 Å². The molecule has 4 nitrogen and oxygen atoms in total. The van der Waals surface area contributed by atoms with E-state index in [2.05, 4.69) is 30.1 Å². The summed E-state index contributed by atoms with van der Waals surface area (Å²) in [5, 5.41) is 3.03. The Morgan fingerprint density at radius 1 is 1.43 bits per heavy atom. The molecule has 0 bridgehead atoms. The van der Waals surface area contributed by atoms with Crippen LogP contribution in [0.25, 0.3) is 0 Å². The number of anilines is 1. The van der Waals surface area contributed by atoms with Crippen LogP contribution in [-0.2, 0) is 9.53 Å². The molecule has 1 aliphatic rings. The zero-order valence-corrected chi connectivity index (χ0v) is 13.7. The molecule has 1 amide bonds. The van der Waals surface area contributed by atoms with Gasteiger partial charge >= 0.3 is 0 Å². The van der Waals surface area contributed by atoms with Gasteiger partial charge in [0.25, 0.3) is 0 Å². The molecule has 1 heterocycles. The summed E-state index contributed by atoms with van der Waals surface area (Å²) in [6.07, 6.45) is 0.173. The lowest BCUT2D eigenvalue weighted by molar-refractivity contribution is -0.126. The van der Waals surface area contributed by atoms with Crippen LogP contribution < -0.4 is 5.32 Å². The number of hydrogen-bond donors (Lipinski definition) is 1. The summed E-state index contributed by atoms with van der Waals surface area (Å²) >= 11 is 0. The third-order valence-electron chi connectivity index (χ3n) is 4.06. The third-order valence-corrected chi connectivity index (χ3v) is 4.06. The van der Waals surface area contributed by atoms with E-state index in [1.165, 1.54) is 0 Å². The van der Waals surface area contributed by atoms with Gasteiger partial charge in [-0.15, -0.1) is 0 Å². The predicted octanol–water partition coefficient (Wildman–Crippen LogP) is 2.74. The van der Waals surface area contributed by atoms with Gasteiger partial charge in [-0.05, 0) is 51.8 Å². The maximum Gasteiger partial charge on any atom is 0.238 e. The van der Waals surface area contributed by atoms with E-state index in [-0.39, 0.29) is 17.6 Å². The maximum absolute atomic E-state index is 12.3. The van der Waals surface area contributed by atoms with Crippen LogP contribution in [0.15, 0.2) is 18.2 Å². The van der Waals surface area contributed by atoms with Crippen LogP contribution in [0.4, 0.5) is 5.69 Å².